The number of carbonyl (C=O) groups excluding carboxylic acids is 1. The smallest absolute Gasteiger partial charge is 0.284 e. The fraction of sp³-hybridized carbons (Fsp3) is 0.200. The Labute approximate surface area is 213 Å². The molecule has 0 fully saturated rings. The van der Waals surface area contributed by atoms with Crippen LogP contribution >= 0.6 is 11.3 Å². The van der Waals surface area contributed by atoms with E-state index < -0.39 is 11.0 Å². The van der Waals surface area contributed by atoms with Crippen LogP contribution in [0.4, 0.5) is 5.13 Å². The van der Waals surface area contributed by atoms with Crippen LogP contribution in [0.1, 0.15) is 58.3 Å². The molecule has 5 nitrogen and oxygen atoms in total. The Morgan fingerprint density at radius 1 is 1.11 bits per heavy atom. The van der Waals surface area contributed by atoms with E-state index in [9.17, 15) is 4.79 Å². The number of nitriles is 1. The number of thiazole rings is 1. The van der Waals surface area contributed by atoms with E-state index in [-0.39, 0.29) is 11.8 Å². The highest BCUT2D eigenvalue weighted by atomic mass is 32.1. The number of hydrogen-bond donors (Lipinski definition) is 1. The van der Waals surface area contributed by atoms with Gasteiger partial charge in [0.05, 0.1) is 22.7 Å². The van der Waals surface area contributed by atoms with Gasteiger partial charge in [-0.25, -0.2) is 11.6 Å². The van der Waals surface area contributed by atoms with Gasteiger partial charge >= 0.3 is 0 Å². The second-order valence-electron chi connectivity index (χ2n) is 9.76. The summed E-state index contributed by atoms with van der Waals surface area (Å²) in [5.41, 5.74) is 5.04. The maximum Gasteiger partial charge on any atom is 0.284 e. The fourth-order valence-corrected chi connectivity index (χ4v) is 6.74. The van der Waals surface area contributed by atoms with Crippen molar-refractivity contribution in [3.63, 3.8) is 0 Å². The number of benzene rings is 3. The van der Waals surface area contributed by atoms with E-state index in [1.54, 1.807) is 12.1 Å². The van der Waals surface area contributed by atoms with Gasteiger partial charge in [-0.3, -0.25) is 9.64 Å². The molecule has 1 amide bonds. The molecule has 174 valence electrons. The summed E-state index contributed by atoms with van der Waals surface area (Å²) in [4.78, 5) is 22.8. The molecule has 0 saturated carbocycles. The van der Waals surface area contributed by atoms with Crippen molar-refractivity contribution in [2.75, 3.05) is 5.32 Å². The summed E-state index contributed by atoms with van der Waals surface area (Å²) in [5.74, 6) is -0.240. The number of aromatic nitrogens is 1. The molecular formula is C30H22N4OS. The van der Waals surface area contributed by atoms with Crippen molar-refractivity contribution >= 4 is 22.4 Å². The molecule has 4 aromatic rings. The van der Waals surface area contributed by atoms with Crippen molar-refractivity contribution in [2.24, 2.45) is 5.41 Å². The molecule has 0 spiro atoms. The summed E-state index contributed by atoms with van der Waals surface area (Å²) in [7, 11) is 0. The van der Waals surface area contributed by atoms with E-state index in [0.717, 1.165) is 33.5 Å². The monoisotopic (exact) mass is 486 g/mol. The van der Waals surface area contributed by atoms with Crippen LogP contribution in [0.2, 0.25) is 0 Å². The maximum absolute atomic E-state index is 13.9. The lowest BCUT2D eigenvalue weighted by molar-refractivity contribution is -0.127. The quantitative estimate of drug-likeness (QED) is 0.346. The highest BCUT2D eigenvalue weighted by Gasteiger charge is 2.64. The first-order valence-corrected chi connectivity index (χ1v) is 12.7. The first-order chi connectivity index (χ1) is 17.5. The zero-order valence-electron chi connectivity index (χ0n) is 19.7. The zero-order chi connectivity index (χ0) is 24.9. The maximum atomic E-state index is 13.9. The van der Waals surface area contributed by atoms with Crippen molar-refractivity contribution in [3.05, 3.63) is 129 Å². The van der Waals surface area contributed by atoms with E-state index >= 15 is 0 Å². The Balaban J connectivity index is 1.32. The second kappa shape index (κ2) is 8.16. The SMILES string of the molecule is [C-]#[N+]C12CC(C)(C(=O)Nc3nc(Cc4ccc(C#N)cc4)cs3)C(c3ccccc31)c1ccccc12. The van der Waals surface area contributed by atoms with Crippen LogP contribution in [0.5, 0.6) is 0 Å². The Hall–Kier alpha value is -4.26. The minimum Gasteiger partial charge on any atom is -0.301 e. The average molecular weight is 487 g/mol. The highest BCUT2D eigenvalue weighted by Crippen LogP contribution is 2.64. The number of nitrogens with zero attached hydrogens (tertiary/aromatic N) is 3. The summed E-state index contributed by atoms with van der Waals surface area (Å²) in [6.45, 7) is 10.3. The molecule has 0 saturated heterocycles. The first kappa shape index (κ1) is 22.2. The van der Waals surface area contributed by atoms with Gasteiger partial charge in [0.15, 0.2) is 5.13 Å². The molecule has 3 aliphatic carbocycles. The Morgan fingerprint density at radius 2 is 1.75 bits per heavy atom. The molecule has 6 heteroatoms. The normalized spacial score (nSPS) is 23.1. The zero-order valence-corrected chi connectivity index (χ0v) is 20.5. The van der Waals surface area contributed by atoms with Gasteiger partial charge in [-0.2, -0.15) is 5.26 Å². The Morgan fingerprint density at radius 3 is 2.36 bits per heavy atom. The van der Waals surface area contributed by atoms with Gasteiger partial charge in [0.25, 0.3) is 5.54 Å². The Bertz CT molecular complexity index is 1540. The standard InChI is InChI=1S/C30H22N4OS/c1-29(27(35)34-28-33-21(17-36-28)15-19-11-13-20(16-31)14-12-19)18-30(32-2)24-9-5-3-7-22(24)26(29)23-8-4-6-10-25(23)30/h3-14,17,26H,15,18H2,1H3,(H,33,34,35). The van der Waals surface area contributed by atoms with E-state index in [1.807, 2.05) is 60.8 Å². The van der Waals surface area contributed by atoms with Gasteiger partial charge in [0, 0.05) is 35.3 Å². The highest BCUT2D eigenvalue weighted by molar-refractivity contribution is 7.13. The lowest BCUT2D eigenvalue weighted by atomic mass is 9.49. The first-order valence-electron chi connectivity index (χ1n) is 11.8. The molecule has 1 heterocycles. The number of fused-ring (bicyclic) bond motifs is 1. The lowest BCUT2D eigenvalue weighted by Gasteiger charge is -2.51. The van der Waals surface area contributed by atoms with Crippen molar-refractivity contribution in [2.45, 2.75) is 31.2 Å². The topological polar surface area (TPSA) is 70.1 Å². The van der Waals surface area contributed by atoms with E-state index in [4.69, 9.17) is 11.8 Å². The van der Waals surface area contributed by atoms with Crippen molar-refractivity contribution < 1.29 is 4.79 Å². The number of amides is 1. The third-order valence-electron chi connectivity index (χ3n) is 7.64. The molecule has 0 radical (unpaired) electrons. The van der Waals surface area contributed by atoms with Crippen molar-refractivity contribution in [1.29, 1.82) is 5.26 Å². The van der Waals surface area contributed by atoms with Crippen LogP contribution in [-0.2, 0) is 16.8 Å². The number of carbonyl (C=O) groups is 1. The molecule has 2 bridgehead atoms. The van der Waals surface area contributed by atoms with Crippen molar-refractivity contribution in [1.82, 2.24) is 4.98 Å². The van der Waals surface area contributed by atoms with Crippen LogP contribution in [0.15, 0.2) is 78.2 Å². The summed E-state index contributed by atoms with van der Waals surface area (Å²) in [6, 6.07) is 25.8. The predicted octanol–water partition coefficient (Wildman–Crippen LogP) is 6.26. The molecule has 36 heavy (non-hydrogen) atoms. The molecule has 1 aromatic heterocycles. The molecule has 7 rings (SSSR count). The van der Waals surface area contributed by atoms with Gasteiger partial charge in [-0.1, -0.05) is 60.7 Å². The van der Waals surface area contributed by atoms with E-state index in [2.05, 4.69) is 33.3 Å². The Kier molecular flexibility index (Phi) is 5.03. The van der Waals surface area contributed by atoms with Gasteiger partial charge in [0.1, 0.15) is 0 Å². The summed E-state index contributed by atoms with van der Waals surface area (Å²) >= 11 is 1.41. The van der Waals surface area contributed by atoms with Gasteiger partial charge in [-0.05, 0) is 35.7 Å². The van der Waals surface area contributed by atoms with Crippen molar-refractivity contribution in [3.8, 4) is 6.07 Å². The average Bonchev–Trinajstić information content (AvgIpc) is 3.35. The van der Waals surface area contributed by atoms with Crippen LogP contribution < -0.4 is 5.32 Å². The molecule has 3 aliphatic rings. The molecule has 1 unspecified atom stereocenters. The van der Waals surface area contributed by atoms with Crippen LogP contribution in [-0.4, -0.2) is 10.9 Å². The van der Waals surface area contributed by atoms with Gasteiger partial charge in [0.2, 0.25) is 5.91 Å². The lowest BCUT2D eigenvalue weighted by Crippen LogP contribution is -2.53. The number of rotatable bonds is 4. The molecule has 1 atom stereocenters. The number of nitrogens with one attached hydrogen (secondary N) is 1. The minimum atomic E-state index is -0.877. The predicted molar refractivity (Wildman–Crippen MR) is 140 cm³/mol. The minimum absolute atomic E-state index is 0.108. The van der Waals surface area contributed by atoms with E-state index in [1.165, 1.54) is 11.3 Å². The third-order valence-corrected chi connectivity index (χ3v) is 8.45. The summed E-state index contributed by atoms with van der Waals surface area (Å²) in [5, 5.41) is 14.6. The second-order valence-corrected chi connectivity index (χ2v) is 10.6. The summed E-state index contributed by atoms with van der Waals surface area (Å²) in [6.07, 6.45) is 1.05. The van der Waals surface area contributed by atoms with Crippen LogP contribution in [0.25, 0.3) is 4.85 Å². The van der Waals surface area contributed by atoms with Crippen LogP contribution in [0.3, 0.4) is 0 Å². The third kappa shape index (κ3) is 3.19. The molecule has 0 aliphatic heterocycles. The molecule has 3 aromatic carbocycles. The van der Waals surface area contributed by atoms with Gasteiger partial charge < -0.3 is 5.32 Å². The van der Waals surface area contributed by atoms with Gasteiger partial charge in [-0.15, -0.1) is 11.3 Å². The fourth-order valence-electron chi connectivity index (χ4n) is 6.04. The largest absolute Gasteiger partial charge is 0.301 e. The molecular weight excluding hydrogens is 464 g/mol. The van der Waals surface area contributed by atoms with Crippen LogP contribution in [0, 0.1) is 23.3 Å². The molecule has 1 N–H and O–H groups in total. The number of hydrogen-bond acceptors (Lipinski definition) is 4. The summed E-state index contributed by atoms with van der Waals surface area (Å²) < 4.78 is 0. The van der Waals surface area contributed by atoms with E-state index in [0.29, 0.717) is 23.5 Å². The number of anilines is 1.